The molecule has 6 nitrogen and oxygen atoms in total. The van der Waals surface area contributed by atoms with Crippen molar-refractivity contribution in [1.82, 2.24) is 20.2 Å². The number of nitrogens with zero attached hydrogens (tertiary/aromatic N) is 5. The van der Waals surface area contributed by atoms with Crippen LogP contribution >= 0.6 is 15.9 Å². The van der Waals surface area contributed by atoms with E-state index in [4.69, 9.17) is 0 Å². The molecule has 0 radical (unpaired) electrons. The van der Waals surface area contributed by atoms with E-state index in [0.717, 1.165) is 0 Å². The third-order valence-electron chi connectivity index (χ3n) is 1.57. The highest BCUT2D eigenvalue weighted by Gasteiger charge is 2.19. The first kappa shape index (κ1) is 10.1. The van der Waals surface area contributed by atoms with Crippen LogP contribution in [0.5, 0.6) is 0 Å². The topological polar surface area (TPSA) is 63.9 Å². The summed E-state index contributed by atoms with van der Waals surface area (Å²) >= 11 is 3.18. The lowest BCUT2D eigenvalue weighted by Crippen LogP contribution is -2.33. The Morgan fingerprint density at radius 2 is 2.31 bits per heavy atom. The van der Waals surface area contributed by atoms with Crippen LogP contribution in [0.1, 0.15) is 6.92 Å². The molecular formula is C6H10BrN5O. The van der Waals surface area contributed by atoms with E-state index in [1.165, 1.54) is 9.58 Å². The Labute approximate surface area is 84.0 Å². The number of rotatable bonds is 2. The second kappa shape index (κ2) is 3.82. The van der Waals surface area contributed by atoms with Gasteiger partial charge in [-0.15, -0.1) is 0 Å². The molecule has 1 atom stereocenters. The van der Waals surface area contributed by atoms with Crippen molar-refractivity contribution >= 4 is 27.8 Å². The summed E-state index contributed by atoms with van der Waals surface area (Å²) in [5, 5.41) is 10.8. The van der Waals surface area contributed by atoms with E-state index >= 15 is 0 Å². The van der Waals surface area contributed by atoms with E-state index in [9.17, 15) is 4.79 Å². The molecule has 1 rings (SSSR count). The zero-order valence-corrected chi connectivity index (χ0v) is 9.19. The van der Waals surface area contributed by atoms with Crippen LogP contribution < -0.4 is 4.90 Å². The summed E-state index contributed by atoms with van der Waals surface area (Å²) < 4.78 is 1.44. The van der Waals surface area contributed by atoms with Crippen LogP contribution in [-0.4, -0.2) is 38.0 Å². The minimum Gasteiger partial charge on any atom is -0.282 e. The van der Waals surface area contributed by atoms with Gasteiger partial charge in [0.15, 0.2) is 0 Å². The van der Waals surface area contributed by atoms with Crippen LogP contribution in [0.3, 0.4) is 0 Å². The first-order valence-electron chi connectivity index (χ1n) is 3.68. The van der Waals surface area contributed by atoms with E-state index in [-0.39, 0.29) is 10.7 Å². The first-order chi connectivity index (χ1) is 6.04. The molecule has 1 unspecified atom stereocenters. The maximum atomic E-state index is 11.5. The first-order valence-corrected chi connectivity index (χ1v) is 4.59. The van der Waals surface area contributed by atoms with Crippen molar-refractivity contribution in [3.8, 4) is 0 Å². The van der Waals surface area contributed by atoms with Crippen LogP contribution in [0.15, 0.2) is 0 Å². The van der Waals surface area contributed by atoms with Gasteiger partial charge < -0.3 is 0 Å². The SMILES string of the molecule is CC(Br)C(=O)N(C)c1nnnn1C. The quantitative estimate of drug-likeness (QED) is 0.688. The second-order valence-corrected chi connectivity index (χ2v) is 3.99. The number of hydrogen-bond acceptors (Lipinski definition) is 4. The van der Waals surface area contributed by atoms with Gasteiger partial charge in [-0.05, 0) is 17.4 Å². The van der Waals surface area contributed by atoms with Crippen LogP contribution in [-0.2, 0) is 11.8 Å². The summed E-state index contributed by atoms with van der Waals surface area (Å²) in [6, 6.07) is 0. The number of aryl methyl sites for hydroxylation is 1. The van der Waals surface area contributed by atoms with Crippen molar-refractivity contribution in [3.63, 3.8) is 0 Å². The van der Waals surface area contributed by atoms with E-state index in [1.807, 2.05) is 0 Å². The number of amides is 1. The van der Waals surface area contributed by atoms with Crippen molar-refractivity contribution in [3.05, 3.63) is 0 Å². The molecule has 13 heavy (non-hydrogen) atoms. The summed E-state index contributed by atoms with van der Waals surface area (Å²) in [4.78, 5) is 12.6. The molecule has 1 amide bonds. The van der Waals surface area contributed by atoms with Crippen molar-refractivity contribution in [1.29, 1.82) is 0 Å². The predicted octanol–water partition coefficient (Wildman–Crippen LogP) is -0.0437. The molecule has 0 saturated carbocycles. The normalized spacial score (nSPS) is 12.6. The monoisotopic (exact) mass is 247 g/mol. The fraction of sp³-hybridized carbons (Fsp3) is 0.667. The van der Waals surface area contributed by atoms with Gasteiger partial charge in [-0.1, -0.05) is 21.0 Å². The molecule has 0 aliphatic heterocycles. The van der Waals surface area contributed by atoms with Crippen LogP contribution in [0.2, 0.25) is 0 Å². The summed E-state index contributed by atoms with van der Waals surface area (Å²) in [5.74, 6) is 0.342. The molecule has 0 saturated heterocycles. The molecule has 0 spiro atoms. The number of aromatic nitrogens is 4. The fourth-order valence-corrected chi connectivity index (χ4v) is 1.18. The van der Waals surface area contributed by atoms with E-state index in [0.29, 0.717) is 5.95 Å². The average Bonchev–Trinajstić information content (AvgIpc) is 2.48. The largest absolute Gasteiger partial charge is 0.282 e. The molecule has 1 aromatic heterocycles. The highest BCUT2D eigenvalue weighted by molar-refractivity contribution is 9.10. The number of halogens is 1. The van der Waals surface area contributed by atoms with E-state index < -0.39 is 0 Å². The molecule has 0 aliphatic carbocycles. The highest BCUT2D eigenvalue weighted by Crippen LogP contribution is 2.09. The summed E-state index contributed by atoms with van der Waals surface area (Å²) in [5.41, 5.74) is 0. The zero-order valence-electron chi connectivity index (χ0n) is 7.60. The third-order valence-corrected chi connectivity index (χ3v) is 1.96. The Morgan fingerprint density at radius 3 is 2.69 bits per heavy atom. The van der Waals surface area contributed by atoms with Crippen molar-refractivity contribution in [2.24, 2.45) is 7.05 Å². The number of hydrogen-bond donors (Lipinski definition) is 0. The molecule has 1 aromatic rings. The summed E-state index contributed by atoms with van der Waals surface area (Å²) in [7, 11) is 3.31. The lowest BCUT2D eigenvalue weighted by molar-refractivity contribution is -0.117. The number of alkyl halides is 1. The summed E-state index contributed by atoms with van der Waals surface area (Å²) in [6.07, 6.45) is 0. The Morgan fingerprint density at radius 1 is 1.69 bits per heavy atom. The van der Waals surface area contributed by atoms with Crippen molar-refractivity contribution < 1.29 is 4.79 Å². The third kappa shape index (κ3) is 2.03. The van der Waals surface area contributed by atoms with Gasteiger partial charge in [-0.25, -0.2) is 4.68 Å². The van der Waals surface area contributed by atoms with Gasteiger partial charge >= 0.3 is 0 Å². The molecule has 0 N–H and O–H groups in total. The Kier molecular flexibility index (Phi) is 2.97. The van der Waals surface area contributed by atoms with Crippen molar-refractivity contribution in [2.45, 2.75) is 11.8 Å². The molecule has 7 heteroatoms. The average molecular weight is 248 g/mol. The number of tetrazole rings is 1. The maximum absolute atomic E-state index is 11.5. The fourth-order valence-electron chi connectivity index (χ4n) is 0.874. The molecule has 0 aromatic carbocycles. The van der Waals surface area contributed by atoms with Gasteiger partial charge in [0.2, 0.25) is 5.91 Å². The maximum Gasteiger partial charge on any atom is 0.251 e. The van der Waals surface area contributed by atoms with E-state index in [1.54, 1.807) is 21.0 Å². The van der Waals surface area contributed by atoms with Gasteiger partial charge in [0, 0.05) is 14.1 Å². The van der Waals surface area contributed by atoms with Gasteiger partial charge in [0.1, 0.15) is 0 Å². The van der Waals surface area contributed by atoms with Gasteiger partial charge in [0.05, 0.1) is 4.83 Å². The molecule has 1 heterocycles. The Hall–Kier alpha value is -0.980. The standard InChI is InChI=1S/C6H10BrN5O/c1-4(7)5(13)11(2)6-8-9-10-12(6)3/h4H,1-3H3. The van der Waals surface area contributed by atoms with Crippen LogP contribution in [0.4, 0.5) is 5.95 Å². The number of anilines is 1. The molecule has 0 bridgehead atoms. The van der Waals surface area contributed by atoms with Gasteiger partial charge in [0.25, 0.3) is 5.95 Å². The molecular weight excluding hydrogens is 238 g/mol. The number of carbonyl (C=O) groups excluding carboxylic acids is 1. The minimum absolute atomic E-state index is 0.0853. The van der Waals surface area contributed by atoms with E-state index in [2.05, 4.69) is 31.5 Å². The van der Waals surface area contributed by atoms with Gasteiger partial charge in [-0.2, -0.15) is 0 Å². The van der Waals surface area contributed by atoms with Gasteiger partial charge in [-0.3, -0.25) is 9.69 Å². The highest BCUT2D eigenvalue weighted by atomic mass is 79.9. The lowest BCUT2D eigenvalue weighted by Gasteiger charge is -2.15. The molecule has 0 aliphatic rings. The number of carbonyl (C=O) groups is 1. The zero-order chi connectivity index (χ0) is 10.0. The van der Waals surface area contributed by atoms with Crippen LogP contribution in [0.25, 0.3) is 0 Å². The predicted molar refractivity (Wildman–Crippen MR) is 50.6 cm³/mol. The Bertz CT molecular complexity index is 310. The van der Waals surface area contributed by atoms with Crippen LogP contribution in [0, 0.1) is 0 Å². The second-order valence-electron chi connectivity index (χ2n) is 2.62. The Balaban J connectivity index is 2.85. The molecule has 72 valence electrons. The van der Waals surface area contributed by atoms with Crippen molar-refractivity contribution in [2.75, 3.05) is 11.9 Å². The lowest BCUT2D eigenvalue weighted by atomic mass is 10.4. The smallest absolute Gasteiger partial charge is 0.251 e. The minimum atomic E-state index is -0.241. The molecule has 0 fully saturated rings. The summed E-state index contributed by atoms with van der Waals surface area (Å²) in [6.45, 7) is 1.75.